The molecule has 3 heterocycles. The molecule has 1 atom stereocenters. The van der Waals surface area contributed by atoms with Crippen molar-refractivity contribution in [1.82, 2.24) is 19.8 Å². The van der Waals surface area contributed by atoms with Crippen LogP contribution in [0.2, 0.25) is 0 Å². The molecule has 2 aliphatic rings. The van der Waals surface area contributed by atoms with E-state index >= 15 is 0 Å². The molecule has 1 unspecified atom stereocenters. The van der Waals surface area contributed by atoms with Crippen molar-refractivity contribution >= 4 is 28.1 Å². The summed E-state index contributed by atoms with van der Waals surface area (Å²) >= 11 is 1.70. The third kappa shape index (κ3) is 3.71. The zero-order chi connectivity index (χ0) is 20.0. The second-order valence-electron chi connectivity index (χ2n) is 8.62. The van der Waals surface area contributed by atoms with Crippen LogP contribution in [0.3, 0.4) is 0 Å². The number of aromatic nitrogens is 2. The van der Waals surface area contributed by atoms with Gasteiger partial charge in [-0.05, 0) is 55.9 Å². The lowest BCUT2D eigenvalue weighted by atomic mass is 9.87. The molecule has 29 heavy (non-hydrogen) atoms. The molecule has 1 saturated heterocycles. The van der Waals surface area contributed by atoms with E-state index in [1.54, 1.807) is 11.3 Å². The molecule has 1 aliphatic carbocycles. The number of nitrogens with zero attached hydrogens (tertiary/aromatic N) is 3. The van der Waals surface area contributed by atoms with Gasteiger partial charge in [-0.1, -0.05) is 6.92 Å². The van der Waals surface area contributed by atoms with Crippen LogP contribution in [0.5, 0.6) is 0 Å². The van der Waals surface area contributed by atoms with Gasteiger partial charge in [-0.3, -0.25) is 9.69 Å². The Kier molecular flexibility index (Phi) is 4.92. The molecular formula is C23H28N4OS. The lowest BCUT2D eigenvalue weighted by molar-refractivity contribution is 0.0627. The Morgan fingerprint density at radius 2 is 2.10 bits per heavy atom. The van der Waals surface area contributed by atoms with Gasteiger partial charge < -0.3 is 9.88 Å². The number of carbonyl (C=O) groups is 1. The highest BCUT2D eigenvalue weighted by atomic mass is 32.1. The van der Waals surface area contributed by atoms with E-state index in [0.29, 0.717) is 0 Å². The molecule has 0 radical (unpaired) electrons. The van der Waals surface area contributed by atoms with E-state index in [4.69, 9.17) is 0 Å². The van der Waals surface area contributed by atoms with Gasteiger partial charge in [-0.15, -0.1) is 11.3 Å². The fraction of sp³-hybridized carbons (Fsp3) is 0.478. The third-order valence-corrected chi connectivity index (χ3v) is 7.22. The third-order valence-electron chi connectivity index (χ3n) is 6.39. The molecule has 0 spiro atoms. The summed E-state index contributed by atoms with van der Waals surface area (Å²) in [6.45, 7) is 8.62. The van der Waals surface area contributed by atoms with E-state index in [-0.39, 0.29) is 5.91 Å². The summed E-state index contributed by atoms with van der Waals surface area (Å²) in [6, 6.07) is 6.20. The van der Waals surface area contributed by atoms with Crippen molar-refractivity contribution in [2.24, 2.45) is 5.92 Å². The van der Waals surface area contributed by atoms with Crippen molar-refractivity contribution < 1.29 is 4.79 Å². The molecular weight excluding hydrogens is 380 g/mol. The first-order valence-corrected chi connectivity index (χ1v) is 11.5. The number of aromatic amines is 1. The van der Waals surface area contributed by atoms with Crippen LogP contribution in [-0.2, 0) is 19.4 Å². The molecule has 1 amide bonds. The fourth-order valence-electron chi connectivity index (χ4n) is 4.73. The zero-order valence-corrected chi connectivity index (χ0v) is 18.0. The summed E-state index contributed by atoms with van der Waals surface area (Å²) in [7, 11) is 0. The van der Waals surface area contributed by atoms with Crippen molar-refractivity contribution in [1.29, 1.82) is 0 Å². The van der Waals surface area contributed by atoms with Gasteiger partial charge in [0.1, 0.15) is 0 Å². The molecule has 6 heteroatoms. The Labute approximate surface area is 175 Å². The maximum atomic E-state index is 13.2. The number of hydrogen-bond acceptors (Lipinski definition) is 4. The van der Waals surface area contributed by atoms with Crippen molar-refractivity contribution in [3.05, 3.63) is 51.1 Å². The highest BCUT2D eigenvalue weighted by Crippen LogP contribution is 2.32. The van der Waals surface area contributed by atoms with Gasteiger partial charge in [0.15, 0.2) is 0 Å². The predicted molar refractivity (Wildman–Crippen MR) is 118 cm³/mol. The number of amides is 1. The Balaban J connectivity index is 1.28. The average molecular weight is 409 g/mol. The van der Waals surface area contributed by atoms with Gasteiger partial charge in [0, 0.05) is 60.3 Å². The smallest absolute Gasteiger partial charge is 0.253 e. The van der Waals surface area contributed by atoms with Crippen LogP contribution < -0.4 is 0 Å². The lowest BCUT2D eigenvalue weighted by Crippen LogP contribution is -2.48. The average Bonchev–Trinajstić information content (AvgIpc) is 3.30. The summed E-state index contributed by atoms with van der Waals surface area (Å²) in [4.78, 5) is 25.7. The minimum atomic E-state index is 0.162. The Bertz CT molecular complexity index is 1040. The topological polar surface area (TPSA) is 52.2 Å². The summed E-state index contributed by atoms with van der Waals surface area (Å²) in [5.41, 5.74) is 5.93. The van der Waals surface area contributed by atoms with Crippen LogP contribution in [0, 0.1) is 12.8 Å². The molecule has 1 fully saturated rings. The lowest BCUT2D eigenvalue weighted by Gasteiger charge is -2.34. The maximum Gasteiger partial charge on any atom is 0.253 e. The Morgan fingerprint density at radius 1 is 1.28 bits per heavy atom. The Hall–Kier alpha value is -2.18. The molecule has 5 nitrogen and oxygen atoms in total. The summed E-state index contributed by atoms with van der Waals surface area (Å²) < 4.78 is 0. The number of piperazine rings is 1. The minimum absolute atomic E-state index is 0.162. The van der Waals surface area contributed by atoms with Crippen LogP contribution in [-0.4, -0.2) is 51.9 Å². The zero-order valence-electron chi connectivity index (χ0n) is 17.2. The minimum Gasteiger partial charge on any atom is -0.358 e. The van der Waals surface area contributed by atoms with Crippen LogP contribution >= 0.6 is 11.3 Å². The normalized spacial score (nSPS) is 20.2. The first kappa shape index (κ1) is 18.8. The highest BCUT2D eigenvalue weighted by molar-refractivity contribution is 7.09. The summed E-state index contributed by atoms with van der Waals surface area (Å²) in [5.74, 6) is 0.880. The number of H-pyrrole nitrogens is 1. The van der Waals surface area contributed by atoms with Crippen LogP contribution in [0.25, 0.3) is 10.9 Å². The van der Waals surface area contributed by atoms with Crippen molar-refractivity contribution in [2.45, 2.75) is 39.7 Å². The summed E-state index contributed by atoms with van der Waals surface area (Å²) in [6.07, 6.45) is 3.48. The molecule has 1 aromatic carbocycles. The molecule has 2 aromatic heterocycles. The van der Waals surface area contributed by atoms with E-state index in [0.717, 1.165) is 67.7 Å². The largest absolute Gasteiger partial charge is 0.358 e. The molecule has 152 valence electrons. The van der Waals surface area contributed by atoms with Crippen molar-refractivity contribution in [2.75, 3.05) is 26.2 Å². The number of fused-ring (bicyclic) bond motifs is 3. The van der Waals surface area contributed by atoms with E-state index in [2.05, 4.69) is 39.3 Å². The van der Waals surface area contributed by atoms with Gasteiger partial charge in [-0.25, -0.2) is 4.98 Å². The van der Waals surface area contributed by atoms with Crippen molar-refractivity contribution in [3.8, 4) is 0 Å². The van der Waals surface area contributed by atoms with E-state index in [1.165, 1.54) is 28.6 Å². The molecule has 5 rings (SSSR count). The van der Waals surface area contributed by atoms with Gasteiger partial charge in [0.25, 0.3) is 5.91 Å². The quantitative estimate of drug-likeness (QED) is 0.712. The van der Waals surface area contributed by atoms with Gasteiger partial charge in [0.05, 0.1) is 10.7 Å². The van der Waals surface area contributed by atoms with Gasteiger partial charge >= 0.3 is 0 Å². The second-order valence-corrected chi connectivity index (χ2v) is 9.68. The SMILES string of the molecule is Cc1nc(CN2CCN(C(=O)c3ccc4[nH]c5c(c4c3)CC(C)CC5)CC2)cs1. The molecule has 1 aliphatic heterocycles. The predicted octanol–water partition coefficient (Wildman–Crippen LogP) is 4.02. The number of carbonyl (C=O) groups excluding carboxylic acids is 1. The highest BCUT2D eigenvalue weighted by Gasteiger charge is 2.24. The number of thiazole rings is 1. The number of hydrogen-bond donors (Lipinski definition) is 1. The molecule has 3 aromatic rings. The van der Waals surface area contributed by atoms with Gasteiger partial charge in [-0.2, -0.15) is 0 Å². The van der Waals surface area contributed by atoms with E-state index in [1.807, 2.05) is 17.9 Å². The molecule has 0 saturated carbocycles. The fourth-order valence-corrected chi connectivity index (χ4v) is 5.33. The van der Waals surface area contributed by atoms with E-state index < -0.39 is 0 Å². The standard InChI is InChI=1S/C23H28N4OS/c1-15-3-5-21-19(11-15)20-12-17(4-6-22(20)25-21)23(28)27-9-7-26(8-10-27)13-18-14-29-16(2)24-18/h4,6,12,14-15,25H,3,5,7-11,13H2,1-2H3. The molecule has 0 bridgehead atoms. The first-order chi connectivity index (χ1) is 14.1. The number of rotatable bonds is 3. The number of nitrogens with one attached hydrogen (secondary N) is 1. The first-order valence-electron chi connectivity index (χ1n) is 10.6. The molecule has 1 N–H and O–H groups in total. The van der Waals surface area contributed by atoms with Crippen LogP contribution in [0.15, 0.2) is 23.6 Å². The Morgan fingerprint density at radius 3 is 2.86 bits per heavy atom. The monoisotopic (exact) mass is 408 g/mol. The maximum absolute atomic E-state index is 13.2. The number of aryl methyl sites for hydroxylation is 2. The number of benzene rings is 1. The summed E-state index contributed by atoms with van der Waals surface area (Å²) in [5, 5.41) is 4.50. The van der Waals surface area contributed by atoms with Crippen LogP contribution in [0.1, 0.15) is 45.7 Å². The second kappa shape index (κ2) is 7.58. The van der Waals surface area contributed by atoms with Crippen molar-refractivity contribution in [3.63, 3.8) is 0 Å². The van der Waals surface area contributed by atoms with E-state index in [9.17, 15) is 4.79 Å². The van der Waals surface area contributed by atoms with Gasteiger partial charge in [0.2, 0.25) is 0 Å². The van der Waals surface area contributed by atoms with Crippen LogP contribution in [0.4, 0.5) is 0 Å².